The minimum absolute atomic E-state index is 0.0111. The number of unbranched alkanes of at least 4 members (excludes halogenated alkanes) is 1. The molecule has 0 atom stereocenters. The van der Waals surface area contributed by atoms with Crippen LogP contribution in [0.25, 0.3) is 0 Å². The molecular formula is C11H17F3N4O2. The average Bonchev–Trinajstić information content (AvgIpc) is 2.64. The maximum absolute atomic E-state index is 12.0. The Morgan fingerprint density at radius 2 is 2.05 bits per heavy atom. The van der Waals surface area contributed by atoms with Crippen LogP contribution in [0.1, 0.15) is 31.9 Å². The van der Waals surface area contributed by atoms with Gasteiger partial charge in [-0.05, 0) is 19.3 Å². The van der Waals surface area contributed by atoms with Crippen molar-refractivity contribution in [1.82, 2.24) is 9.78 Å². The number of hydrogen-bond donors (Lipinski definition) is 1. The van der Waals surface area contributed by atoms with Crippen molar-refractivity contribution >= 4 is 11.5 Å². The van der Waals surface area contributed by atoms with Crippen molar-refractivity contribution in [3.8, 4) is 0 Å². The van der Waals surface area contributed by atoms with Crippen LogP contribution in [-0.2, 0) is 13.5 Å². The van der Waals surface area contributed by atoms with Crippen molar-refractivity contribution < 1.29 is 18.1 Å². The van der Waals surface area contributed by atoms with E-state index in [1.54, 1.807) is 14.0 Å². The summed E-state index contributed by atoms with van der Waals surface area (Å²) in [5, 5.41) is 17.8. The van der Waals surface area contributed by atoms with Crippen LogP contribution in [0.15, 0.2) is 0 Å². The van der Waals surface area contributed by atoms with E-state index in [-0.39, 0.29) is 30.9 Å². The predicted molar refractivity (Wildman–Crippen MR) is 67.6 cm³/mol. The summed E-state index contributed by atoms with van der Waals surface area (Å²) in [6, 6.07) is 0. The zero-order chi connectivity index (χ0) is 15.3. The Labute approximate surface area is 114 Å². The highest BCUT2D eigenvalue weighted by atomic mass is 19.4. The summed E-state index contributed by atoms with van der Waals surface area (Å²) in [7, 11) is 1.56. The van der Waals surface area contributed by atoms with Gasteiger partial charge in [-0.2, -0.15) is 18.3 Å². The predicted octanol–water partition coefficient (Wildman–Crippen LogP) is 3.04. The van der Waals surface area contributed by atoms with Crippen LogP contribution >= 0.6 is 0 Å². The molecule has 0 spiro atoms. The SMILES string of the molecule is CCc1nn(C)c(NCCCCC(F)(F)F)c1[N+](=O)[O-]. The van der Waals surface area contributed by atoms with Crippen molar-refractivity contribution in [2.75, 3.05) is 11.9 Å². The summed E-state index contributed by atoms with van der Waals surface area (Å²) in [4.78, 5) is 10.5. The third-order valence-electron chi connectivity index (χ3n) is 2.79. The van der Waals surface area contributed by atoms with Gasteiger partial charge in [-0.1, -0.05) is 6.92 Å². The molecule has 114 valence electrons. The zero-order valence-electron chi connectivity index (χ0n) is 11.3. The van der Waals surface area contributed by atoms with E-state index in [2.05, 4.69) is 10.4 Å². The lowest BCUT2D eigenvalue weighted by Gasteiger charge is -2.07. The first-order valence-electron chi connectivity index (χ1n) is 6.27. The summed E-state index contributed by atoms with van der Waals surface area (Å²) < 4.78 is 37.2. The average molecular weight is 294 g/mol. The summed E-state index contributed by atoms with van der Waals surface area (Å²) in [5.41, 5.74) is 0.251. The van der Waals surface area contributed by atoms with Gasteiger partial charge >= 0.3 is 11.9 Å². The van der Waals surface area contributed by atoms with Gasteiger partial charge in [0, 0.05) is 20.0 Å². The zero-order valence-corrected chi connectivity index (χ0v) is 11.3. The standard InChI is InChI=1S/C11H17F3N4O2/c1-3-8-9(18(19)20)10(17(2)16-8)15-7-5-4-6-11(12,13)14/h15H,3-7H2,1-2H3. The number of rotatable bonds is 7. The van der Waals surface area contributed by atoms with E-state index in [0.717, 1.165) is 0 Å². The van der Waals surface area contributed by atoms with Gasteiger partial charge in [-0.3, -0.25) is 10.1 Å². The number of nitrogens with zero attached hydrogens (tertiary/aromatic N) is 3. The number of nitrogens with one attached hydrogen (secondary N) is 1. The number of hydrogen-bond acceptors (Lipinski definition) is 4. The van der Waals surface area contributed by atoms with Gasteiger partial charge in [0.25, 0.3) is 0 Å². The minimum Gasteiger partial charge on any atom is -0.365 e. The molecule has 0 aliphatic heterocycles. The van der Waals surface area contributed by atoms with E-state index >= 15 is 0 Å². The molecule has 0 saturated carbocycles. The molecule has 0 aromatic carbocycles. The highest BCUT2D eigenvalue weighted by Crippen LogP contribution is 2.28. The van der Waals surface area contributed by atoms with Crippen molar-refractivity contribution in [3.05, 3.63) is 15.8 Å². The molecule has 0 aliphatic carbocycles. The fraction of sp³-hybridized carbons (Fsp3) is 0.727. The Balaban J connectivity index is 2.60. The Morgan fingerprint density at radius 1 is 1.40 bits per heavy atom. The van der Waals surface area contributed by atoms with Crippen molar-refractivity contribution in [3.63, 3.8) is 0 Å². The van der Waals surface area contributed by atoms with Crippen LogP contribution in [0.4, 0.5) is 24.7 Å². The first-order chi connectivity index (χ1) is 9.26. The van der Waals surface area contributed by atoms with Gasteiger partial charge < -0.3 is 5.32 Å². The molecule has 6 nitrogen and oxygen atoms in total. The topological polar surface area (TPSA) is 73.0 Å². The Bertz CT molecular complexity index is 471. The molecule has 1 heterocycles. The third-order valence-corrected chi connectivity index (χ3v) is 2.79. The van der Waals surface area contributed by atoms with Crippen LogP contribution in [0.5, 0.6) is 0 Å². The lowest BCUT2D eigenvalue weighted by Crippen LogP contribution is -2.10. The van der Waals surface area contributed by atoms with E-state index < -0.39 is 17.5 Å². The molecule has 0 aliphatic rings. The van der Waals surface area contributed by atoms with Crippen molar-refractivity contribution in [2.24, 2.45) is 7.05 Å². The van der Waals surface area contributed by atoms with Gasteiger partial charge in [0.15, 0.2) is 0 Å². The first-order valence-corrected chi connectivity index (χ1v) is 6.27. The van der Waals surface area contributed by atoms with Crippen molar-refractivity contribution in [2.45, 2.75) is 38.8 Å². The van der Waals surface area contributed by atoms with Gasteiger partial charge in [0.1, 0.15) is 5.69 Å². The van der Waals surface area contributed by atoms with E-state index in [1.165, 1.54) is 4.68 Å². The van der Waals surface area contributed by atoms with Crippen LogP contribution in [-0.4, -0.2) is 27.4 Å². The number of anilines is 1. The van der Waals surface area contributed by atoms with E-state index in [9.17, 15) is 23.3 Å². The monoisotopic (exact) mass is 294 g/mol. The quantitative estimate of drug-likeness (QED) is 0.476. The molecule has 0 unspecified atom stereocenters. The second-order valence-corrected chi connectivity index (χ2v) is 4.38. The molecule has 1 aromatic heterocycles. The third kappa shape index (κ3) is 4.39. The molecule has 0 saturated heterocycles. The minimum atomic E-state index is -4.16. The number of aromatic nitrogens is 2. The highest BCUT2D eigenvalue weighted by Gasteiger charge is 2.27. The lowest BCUT2D eigenvalue weighted by atomic mass is 10.2. The molecule has 20 heavy (non-hydrogen) atoms. The molecule has 1 N–H and O–H groups in total. The Hall–Kier alpha value is -1.80. The normalized spacial score (nSPS) is 11.7. The number of alkyl halides is 3. The second-order valence-electron chi connectivity index (χ2n) is 4.38. The number of aryl methyl sites for hydroxylation is 2. The Morgan fingerprint density at radius 3 is 2.55 bits per heavy atom. The summed E-state index contributed by atoms with van der Waals surface area (Å²) in [6.07, 6.45) is -4.32. The largest absolute Gasteiger partial charge is 0.389 e. The van der Waals surface area contributed by atoms with Crippen LogP contribution in [0.2, 0.25) is 0 Å². The van der Waals surface area contributed by atoms with Gasteiger partial charge in [0.2, 0.25) is 5.82 Å². The molecule has 0 radical (unpaired) electrons. The highest BCUT2D eigenvalue weighted by molar-refractivity contribution is 5.59. The fourth-order valence-electron chi connectivity index (χ4n) is 1.85. The summed E-state index contributed by atoms with van der Waals surface area (Å²) in [5.74, 6) is 0.235. The molecule has 0 bridgehead atoms. The number of nitro groups is 1. The van der Waals surface area contributed by atoms with E-state index in [4.69, 9.17) is 0 Å². The van der Waals surface area contributed by atoms with Crippen molar-refractivity contribution in [1.29, 1.82) is 0 Å². The molecule has 0 amide bonds. The molecular weight excluding hydrogens is 277 g/mol. The van der Waals surface area contributed by atoms with E-state index in [0.29, 0.717) is 12.1 Å². The number of halogens is 3. The molecule has 1 rings (SSSR count). The maximum atomic E-state index is 12.0. The maximum Gasteiger partial charge on any atom is 0.389 e. The van der Waals surface area contributed by atoms with Crippen LogP contribution in [0.3, 0.4) is 0 Å². The lowest BCUT2D eigenvalue weighted by molar-refractivity contribution is -0.384. The first kappa shape index (κ1) is 16.3. The summed E-state index contributed by atoms with van der Waals surface area (Å²) in [6.45, 7) is 1.99. The molecule has 0 fully saturated rings. The van der Waals surface area contributed by atoms with Gasteiger partial charge in [-0.25, -0.2) is 4.68 Å². The molecule has 9 heteroatoms. The van der Waals surface area contributed by atoms with Crippen LogP contribution in [0, 0.1) is 10.1 Å². The molecule has 1 aromatic rings. The van der Waals surface area contributed by atoms with Crippen LogP contribution < -0.4 is 5.32 Å². The smallest absolute Gasteiger partial charge is 0.365 e. The van der Waals surface area contributed by atoms with Gasteiger partial charge in [-0.15, -0.1) is 0 Å². The second kappa shape index (κ2) is 6.58. The summed E-state index contributed by atoms with van der Waals surface area (Å²) >= 11 is 0. The van der Waals surface area contributed by atoms with E-state index in [1.807, 2.05) is 0 Å². The Kier molecular flexibility index (Phi) is 5.34. The van der Waals surface area contributed by atoms with Gasteiger partial charge in [0.05, 0.1) is 4.92 Å². The fourth-order valence-corrected chi connectivity index (χ4v) is 1.85.